The predicted molar refractivity (Wildman–Crippen MR) is 48.4 cm³/mol. The lowest BCUT2D eigenvalue weighted by molar-refractivity contribution is 0.319. The van der Waals surface area contributed by atoms with Crippen LogP contribution in [0.1, 0.15) is 5.56 Å². The van der Waals surface area contributed by atoms with Crippen molar-refractivity contribution >= 4 is 6.21 Å². The van der Waals surface area contributed by atoms with E-state index < -0.39 is 0 Å². The van der Waals surface area contributed by atoms with Crippen molar-refractivity contribution in [2.24, 2.45) is 10.9 Å². The molecule has 1 aromatic rings. The van der Waals surface area contributed by atoms with E-state index in [1.807, 2.05) is 30.3 Å². The van der Waals surface area contributed by atoms with Crippen LogP contribution < -0.4 is 5.73 Å². The average Bonchev–Trinajstić information content (AvgIpc) is 2.06. The van der Waals surface area contributed by atoms with E-state index in [4.69, 9.17) is 10.9 Å². The maximum atomic E-state index is 8.20. The fourth-order valence-corrected chi connectivity index (χ4v) is 1.02. The van der Waals surface area contributed by atoms with Gasteiger partial charge in [-0.15, -0.1) is 5.16 Å². The van der Waals surface area contributed by atoms with E-state index in [1.54, 1.807) is 0 Å². The zero-order valence-electron chi connectivity index (χ0n) is 6.72. The van der Waals surface area contributed by atoms with Crippen LogP contribution in [0.2, 0.25) is 0 Å². The summed E-state index contributed by atoms with van der Waals surface area (Å²) in [5.74, 6) is 0. The summed E-state index contributed by atoms with van der Waals surface area (Å²) >= 11 is 0. The summed E-state index contributed by atoms with van der Waals surface area (Å²) in [6.07, 6.45) is 2.03. The second kappa shape index (κ2) is 4.51. The van der Waals surface area contributed by atoms with Crippen molar-refractivity contribution in [3.05, 3.63) is 35.9 Å². The molecule has 1 aromatic carbocycles. The largest absolute Gasteiger partial charge is 0.411 e. The van der Waals surface area contributed by atoms with Gasteiger partial charge in [0, 0.05) is 6.04 Å². The highest BCUT2D eigenvalue weighted by atomic mass is 16.4. The maximum absolute atomic E-state index is 8.20. The van der Waals surface area contributed by atoms with Gasteiger partial charge in [0.2, 0.25) is 0 Å². The van der Waals surface area contributed by atoms with Gasteiger partial charge >= 0.3 is 0 Å². The summed E-state index contributed by atoms with van der Waals surface area (Å²) < 4.78 is 0. The van der Waals surface area contributed by atoms with Gasteiger partial charge in [-0.05, 0) is 12.0 Å². The lowest BCUT2D eigenvalue weighted by Crippen LogP contribution is -2.24. The van der Waals surface area contributed by atoms with Crippen LogP contribution in [-0.2, 0) is 6.42 Å². The molecule has 0 aliphatic rings. The number of benzene rings is 1. The zero-order valence-corrected chi connectivity index (χ0v) is 6.72. The lowest BCUT2D eigenvalue weighted by atomic mass is 10.1. The Bertz CT molecular complexity index is 246. The molecule has 0 aromatic heterocycles. The molecule has 0 heterocycles. The van der Waals surface area contributed by atoms with Crippen LogP contribution in [-0.4, -0.2) is 17.5 Å². The third kappa shape index (κ3) is 2.72. The standard InChI is InChI=1S/C9H12N2O/c10-9(7-11-12)6-8-4-2-1-3-5-8/h1-5,7,9,12H,6,10H2/t9-/m0/s1. The van der Waals surface area contributed by atoms with Crippen LogP contribution >= 0.6 is 0 Å². The van der Waals surface area contributed by atoms with Crippen molar-refractivity contribution < 1.29 is 5.21 Å². The van der Waals surface area contributed by atoms with Crippen molar-refractivity contribution in [3.8, 4) is 0 Å². The highest BCUT2D eigenvalue weighted by Crippen LogP contribution is 2.00. The quantitative estimate of drug-likeness (QED) is 0.398. The van der Waals surface area contributed by atoms with Crippen LogP contribution in [0.25, 0.3) is 0 Å². The Morgan fingerprint density at radius 2 is 2.08 bits per heavy atom. The van der Waals surface area contributed by atoms with E-state index in [1.165, 1.54) is 6.21 Å². The number of nitrogens with two attached hydrogens (primary N) is 1. The molecule has 0 aliphatic carbocycles. The second-order valence-electron chi connectivity index (χ2n) is 2.62. The normalized spacial score (nSPS) is 13.4. The average molecular weight is 164 g/mol. The van der Waals surface area contributed by atoms with E-state index in [-0.39, 0.29) is 6.04 Å². The van der Waals surface area contributed by atoms with Crippen molar-refractivity contribution in [3.63, 3.8) is 0 Å². The minimum absolute atomic E-state index is 0.211. The van der Waals surface area contributed by atoms with Crippen LogP contribution in [0.4, 0.5) is 0 Å². The van der Waals surface area contributed by atoms with Gasteiger partial charge in [0.1, 0.15) is 0 Å². The first kappa shape index (κ1) is 8.74. The van der Waals surface area contributed by atoms with Crippen molar-refractivity contribution in [2.75, 3.05) is 0 Å². The predicted octanol–water partition coefficient (Wildman–Crippen LogP) is 1.02. The Labute approximate surface area is 71.5 Å². The van der Waals surface area contributed by atoms with Crippen LogP contribution in [0.3, 0.4) is 0 Å². The Kier molecular flexibility index (Phi) is 3.29. The third-order valence-corrected chi connectivity index (χ3v) is 1.57. The molecule has 0 fully saturated rings. The molecule has 12 heavy (non-hydrogen) atoms. The highest BCUT2D eigenvalue weighted by molar-refractivity contribution is 5.63. The molecular weight excluding hydrogens is 152 g/mol. The molecule has 0 aliphatic heterocycles. The van der Waals surface area contributed by atoms with E-state index in [0.29, 0.717) is 6.42 Å². The molecule has 0 saturated heterocycles. The Morgan fingerprint density at radius 3 is 2.67 bits per heavy atom. The molecule has 1 rings (SSSR count). The van der Waals surface area contributed by atoms with Crippen LogP contribution in [0.5, 0.6) is 0 Å². The molecule has 0 unspecified atom stereocenters. The molecule has 0 saturated carbocycles. The van der Waals surface area contributed by atoms with E-state index in [0.717, 1.165) is 5.56 Å². The molecule has 0 radical (unpaired) electrons. The Hall–Kier alpha value is -1.35. The summed E-state index contributed by atoms with van der Waals surface area (Å²) in [7, 11) is 0. The van der Waals surface area contributed by atoms with Gasteiger partial charge in [0.25, 0.3) is 0 Å². The van der Waals surface area contributed by atoms with Gasteiger partial charge in [-0.3, -0.25) is 0 Å². The first-order valence-corrected chi connectivity index (χ1v) is 3.80. The Balaban J connectivity index is 2.52. The van der Waals surface area contributed by atoms with Gasteiger partial charge in [0.15, 0.2) is 0 Å². The molecule has 0 spiro atoms. The lowest BCUT2D eigenvalue weighted by Gasteiger charge is -2.03. The van der Waals surface area contributed by atoms with E-state index >= 15 is 0 Å². The first-order valence-electron chi connectivity index (χ1n) is 3.80. The summed E-state index contributed by atoms with van der Waals surface area (Å²) in [5, 5.41) is 11.1. The molecule has 3 nitrogen and oxygen atoms in total. The van der Waals surface area contributed by atoms with Crippen LogP contribution in [0, 0.1) is 0 Å². The number of rotatable bonds is 3. The highest BCUT2D eigenvalue weighted by Gasteiger charge is 1.99. The smallest absolute Gasteiger partial charge is 0.0606 e. The van der Waals surface area contributed by atoms with Crippen LogP contribution in [0.15, 0.2) is 35.5 Å². The summed E-state index contributed by atoms with van der Waals surface area (Å²) in [6.45, 7) is 0. The Morgan fingerprint density at radius 1 is 1.42 bits per heavy atom. The van der Waals surface area contributed by atoms with E-state index in [9.17, 15) is 0 Å². The van der Waals surface area contributed by atoms with Gasteiger partial charge in [-0.2, -0.15) is 0 Å². The second-order valence-corrected chi connectivity index (χ2v) is 2.62. The third-order valence-electron chi connectivity index (χ3n) is 1.57. The zero-order chi connectivity index (χ0) is 8.81. The number of hydrogen-bond acceptors (Lipinski definition) is 3. The van der Waals surface area contributed by atoms with E-state index in [2.05, 4.69) is 5.16 Å². The van der Waals surface area contributed by atoms with Crippen molar-refractivity contribution in [2.45, 2.75) is 12.5 Å². The number of oxime groups is 1. The topological polar surface area (TPSA) is 58.6 Å². The summed E-state index contributed by atoms with van der Waals surface area (Å²) in [5.41, 5.74) is 6.75. The van der Waals surface area contributed by atoms with Gasteiger partial charge in [0.05, 0.1) is 6.21 Å². The molecule has 0 bridgehead atoms. The minimum Gasteiger partial charge on any atom is -0.411 e. The minimum atomic E-state index is -0.211. The number of nitrogens with zero attached hydrogens (tertiary/aromatic N) is 1. The SMILES string of the molecule is N[C@H](C=NO)Cc1ccccc1. The molecule has 3 N–H and O–H groups in total. The fourth-order valence-electron chi connectivity index (χ4n) is 1.02. The van der Waals surface area contributed by atoms with Crippen molar-refractivity contribution in [1.82, 2.24) is 0 Å². The van der Waals surface area contributed by atoms with Gasteiger partial charge < -0.3 is 10.9 Å². The molecular formula is C9H12N2O. The fraction of sp³-hybridized carbons (Fsp3) is 0.222. The molecule has 64 valence electrons. The van der Waals surface area contributed by atoms with Gasteiger partial charge in [-0.1, -0.05) is 30.3 Å². The molecule has 0 amide bonds. The summed E-state index contributed by atoms with van der Waals surface area (Å²) in [4.78, 5) is 0. The van der Waals surface area contributed by atoms with Gasteiger partial charge in [-0.25, -0.2) is 0 Å². The van der Waals surface area contributed by atoms with Crippen molar-refractivity contribution in [1.29, 1.82) is 0 Å². The maximum Gasteiger partial charge on any atom is 0.0606 e. The summed E-state index contributed by atoms with van der Waals surface area (Å²) in [6, 6.07) is 9.64. The molecule has 3 heteroatoms. The molecule has 1 atom stereocenters. The first-order chi connectivity index (χ1) is 5.83. The number of hydrogen-bond donors (Lipinski definition) is 2. The monoisotopic (exact) mass is 164 g/mol.